The number of amides is 1. The number of carbonyl (C=O) groups excluding carboxylic acids is 1. The SMILES string of the molecule is O=C(CCc1ncn[nH]1)N1CCOCC1c1ccccc1. The number of hydrogen-bond acceptors (Lipinski definition) is 4. The molecule has 1 amide bonds. The van der Waals surface area contributed by atoms with Crippen LogP contribution in [0.5, 0.6) is 0 Å². The molecule has 1 aromatic heterocycles. The van der Waals surface area contributed by atoms with Gasteiger partial charge in [0, 0.05) is 19.4 Å². The molecule has 0 bridgehead atoms. The average molecular weight is 286 g/mol. The van der Waals surface area contributed by atoms with E-state index in [0.29, 0.717) is 32.6 Å². The fraction of sp³-hybridized carbons (Fsp3) is 0.400. The van der Waals surface area contributed by atoms with Gasteiger partial charge in [-0.1, -0.05) is 30.3 Å². The van der Waals surface area contributed by atoms with Crippen LogP contribution in [0.1, 0.15) is 23.9 Å². The van der Waals surface area contributed by atoms with Crippen LogP contribution in [0.4, 0.5) is 0 Å². The second kappa shape index (κ2) is 6.49. The van der Waals surface area contributed by atoms with Gasteiger partial charge in [0.2, 0.25) is 5.91 Å². The Morgan fingerprint density at radius 2 is 2.24 bits per heavy atom. The predicted octanol–water partition coefficient (Wildman–Crippen LogP) is 1.34. The van der Waals surface area contributed by atoms with Crippen molar-refractivity contribution in [2.75, 3.05) is 19.8 Å². The maximum absolute atomic E-state index is 12.5. The molecule has 1 saturated heterocycles. The zero-order valence-electron chi connectivity index (χ0n) is 11.7. The highest BCUT2D eigenvalue weighted by molar-refractivity contribution is 5.77. The van der Waals surface area contributed by atoms with E-state index >= 15 is 0 Å². The lowest BCUT2D eigenvalue weighted by molar-refractivity contribution is -0.140. The third kappa shape index (κ3) is 3.28. The average Bonchev–Trinajstić information content (AvgIpc) is 3.07. The van der Waals surface area contributed by atoms with Crippen LogP contribution < -0.4 is 0 Å². The number of benzene rings is 1. The summed E-state index contributed by atoms with van der Waals surface area (Å²) in [6.07, 6.45) is 2.47. The van der Waals surface area contributed by atoms with E-state index in [-0.39, 0.29) is 11.9 Å². The normalized spacial score (nSPS) is 18.7. The number of H-pyrrole nitrogens is 1. The molecular formula is C15H18N4O2. The molecule has 0 spiro atoms. The van der Waals surface area contributed by atoms with Crippen molar-refractivity contribution in [2.24, 2.45) is 0 Å². The Morgan fingerprint density at radius 1 is 1.38 bits per heavy atom. The smallest absolute Gasteiger partial charge is 0.223 e. The molecule has 0 radical (unpaired) electrons. The largest absolute Gasteiger partial charge is 0.377 e. The Labute approximate surface area is 123 Å². The molecular weight excluding hydrogens is 268 g/mol. The molecule has 0 aliphatic carbocycles. The highest BCUT2D eigenvalue weighted by Crippen LogP contribution is 2.24. The minimum Gasteiger partial charge on any atom is -0.377 e. The van der Waals surface area contributed by atoms with Gasteiger partial charge in [0.1, 0.15) is 12.2 Å². The topological polar surface area (TPSA) is 71.1 Å². The number of aryl methyl sites for hydroxylation is 1. The van der Waals surface area contributed by atoms with Crippen LogP contribution in [-0.4, -0.2) is 45.7 Å². The standard InChI is InChI=1S/C15H18N4O2/c20-15(7-6-14-16-11-17-18-14)19-8-9-21-10-13(19)12-4-2-1-3-5-12/h1-5,11,13H,6-10H2,(H,16,17,18). The Bertz CT molecular complexity index is 571. The van der Waals surface area contributed by atoms with Crippen molar-refractivity contribution < 1.29 is 9.53 Å². The molecule has 1 aliphatic rings. The van der Waals surface area contributed by atoms with Crippen molar-refractivity contribution in [1.29, 1.82) is 0 Å². The van der Waals surface area contributed by atoms with Gasteiger partial charge in [-0.3, -0.25) is 9.89 Å². The third-order valence-electron chi connectivity index (χ3n) is 3.67. The van der Waals surface area contributed by atoms with E-state index in [9.17, 15) is 4.79 Å². The van der Waals surface area contributed by atoms with Crippen LogP contribution in [0.15, 0.2) is 36.7 Å². The van der Waals surface area contributed by atoms with Gasteiger partial charge in [0.25, 0.3) is 0 Å². The summed E-state index contributed by atoms with van der Waals surface area (Å²) in [5, 5.41) is 6.58. The second-order valence-corrected chi connectivity index (χ2v) is 5.02. The molecule has 1 N–H and O–H groups in total. The van der Waals surface area contributed by atoms with E-state index in [1.54, 1.807) is 0 Å². The van der Waals surface area contributed by atoms with E-state index in [4.69, 9.17) is 4.74 Å². The minimum absolute atomic E-state index is 0.00201. The maximum Gasteiger partial charge on any atom is 0.223 e. The molecule has 6 heteroatoms. The first-order valence-electron chi connectivity index (χ1n) is 7.11. The number of nitrogens with zero attached hydrogens (tertiary/aromatic N) is 3. The Hall–Kier alpha value is -2.21. The van der Waals surface area contributed by atoms with Gasteiger partial charge in [0.05, 0.1) is 19.3 Å². The van der Waals surface area contributed by atoms with Crippen LogP contribution in [-0.2, 0) is 16.0 Å². The van der Waals surface area contributed by atoms with E-state index in [0.717, 1.165) is 11.4 Å². The van der Waals surface area contributed by atoms with Gasteiger partial charge < -0.3 is 9.64 Å². The highest BCUT2D eigenvalue weighted by Gasteiger charge is 2.28. The van der Waals surface area contributed by atoms with Crippen molar-refractivity contribution in [2.45, 2.75) is 18.9 Å². The van der Waals surface area contributed by atoms with Crippen LogP contribution in [0.2, 0.25) is 0 Å². The first kappa shape index (κ1) is 13.8. The molecule has 2 aromatic rings. The summed E-state index contributed by atoms with van der Waals surface area (Å²) in [5.74, 6) is 0.872. The van der Waals surface area contributed by atoms with E-state index in [2.05, 4.69) is 15.2 Å². The maximum atomic E-state index is 12.5. The van der Waals surface area contributed by atoms with Gasteiger partial charge >= 0.3 is 0 Å². The lowest BCUT2D eigenvalue weighted by Crippen LogP contribution is -2.43. The van der Waals surface area contributed by atoms with Crippen LogP contribution in [0.25, 0.3) is 0 Å². The summed E-state index contributed by atoms with van der Waals surface area (Å²) in [6.45, 7) is 1.78. The fourth-order valence-electron chi connectivity index (χ4n) is 2.57. The Morgan fingerprint density at radius 3 is 3.00 bits per heavy atom. The monoisotopic (exact) mass is 286 g/mol. The van der Waals surface area contributed by atoms with Gasteiger partial charge in [0.15, 0.2) is 0 Å². The molecule has 21 heavy (non-hydrogen) atoms. The van der Waals surface area contributed by atoms with Gasteiger partial charge in [-0.15, -0.1) is 0 Å². The van der Waals surface area contributed by atoms with Gasteiger partial charge in [-0.2, -0.15) is 5.10 Å². The number of ether oxygens (including phenoxy) is 1. The molecule has 1 unspecified atom stereocenters. The number of nitrogens with one attached hydrogen (secondary N) is 1. The van der Waals surface area contributed by atoms with Crippen molar-refractivity contribution in [3.05, 3.63) is 48.0 Å². The molecule has 110 valence electrons. The molecule has 0 saturated carbocycles. The molecule has 2 heterocycles. The number of aromatic nitrogens is 3. The van der Waals surface area contributed by atoms with Crippen molar-refractivity contribution in [3.8, 4) is 0 Å². The second-order valence-electron chi connectivity index (χ2n) is 5.02. The first-order valence-corrected chi connectivity index (χ1v) is 7.11. The molecule has 1 aliphatic heterocycles. The lowest BCUT2D eigenvalue weighted by atomic mass is 10.0. The lowest BCUT2D eigenvalue weighted by Gasteiger charge is -2.36. The van der Waals surface area contributed by atoms with Crippen LogP contribution in [0, 0.1) is 0 Å². The number of carbonyl (C=O) groups is 1. The first-order chi connectivity index (χ1) is 10.3. The summed E-state index contributed by atoms with van der Waals surface area (Å²) >= 11 is 0. The van der Waals surface area contributed by atoms with Crippen molar-refractivity contribution >= 4 is 5.91 Å². The van der Waals surface area contributed by atoms with Gasteiger partial charge in [-0.25, -0.2) is 4.98 Å². The van der Waals surface area contributed by atoms with E-state index in [1.807, 2.05) is 35.2 Å². The highest BCUT2D eigenvalue weighted by atomic mass is 16.5. The zero-order valence-corrected chi connectivity index (χ0v) is 11.7. The Kier molecular flexibility index (Phi) is 4.25. The quantitative estimate of drug-likeness (QED) is 0.920. The summed E-state index contributed by atoms with van der Waals surface area (Å²) in [4.78, 5) is 18.4. The summed E-state index contributed by atoms with van der Waals surface area (Å²) in [6, 6.07) is 10.0. The number of aromatic amines is 1. The predicted molar refractivity (Wildman–Crippen MR) is 76.4 cm³/mol. The van der Waals surface area contributed by atoms with Crippen LogP contribution >= 0.6 is 0 Å². The van der Waals surface area contributed by atoms with E-state index in [1.165, 1.54) is 6.33 Å². The van der Waals surface area contributed by atoms with Crippen molar-refractivity contribution in [1.82, 2.24) is 20.1 Å². The fourth-order valence-corrected chi connectivity index (χ4v) is 2.57. The van der Waals surface area contributed by atoms with Crippen molar-refractivity contribution in [3.63, 3.8) is 0 Å². The number of hydrogen-bond donors (Lipinski definition) is 1. The molecule has 6 nitrogen and oxygen atoms in total. The minimum atomic E-state index is 0.00201. The van der Waals surface area contributed by atoms with Gasteiger partial charge in [-0.05, 0) is 5.56 Å². The zero-order chi connectivity index (χ0) is 14.5. The number of morpholine rings is 1. The molecule has 1 aromatic carbocycles. The van der Waals surface area contributed by atoms with Crippen LogP contribution in [0.3, 0.4) is 0 Å². The summed E-state index contributed by atoms with van der Waals surface area (Å²) in [7, 11) is 0. The molecule has 1 fully saturated rings. The third-order valence-corrected chi connectivity index (χ3v) is 3.67. The molecule has 1 atom stereocenters. The number of rotatable bonds is 4. The van der Waals surface area contributed by atoms with E-state index < -0.39 is 0 Å². The Balaban J connectivity index is 1.67. The molecule has 3 rings (SSSR count). The summed E-state index contributed by atoms with van der Waals surface area (Å²) in [5.41, 5.74) is 1.12. The summed E-state index contributed by atoms with van der Waals surface area (Å²) < 4.78 is 5.54.